The first kappa shape index (κ1) is 22.4. The van der Waals surface area contributed by atoms with Crippen LogP contribution in [0.4, 0.5) is 10.5 Å². The van der Waals surface area contributed by atoms with Gasteiger partial charge in [0, 0.05) is 31.9 Å². The van der Waals surface area contributed by atoms with Gasteiger partial charge in [-0.05, 0) is 51.0 Å². The molecule has 0 bridgehead atoms. The normalized spacial score (nSPS) is 11.6. The Kier molecular flexibility index (Phi) is 9.65. The van der Waals surface area contributed by atoms with Crippen molar-refractivity contribution < 1.29 is 13.2 Å². The highest BCUT2D eigenvalue weighted by Crippen LogP contribution is 2.20. The highest BCUT2D eigenvalue weighted by molar-refractivity contribution is 7.89. The van der Waals surface area contributed by atoms with Crippen molar-refractivity contribution in [3.8, 4) is 0 Å². The molecule has 6 nitrogen and oxygen atoms in total. The topological polar surface area (TPSA) is 69.7 Å². The number of anilines is 1. The number of benzene rings is 1. The largest absolute Gasteiger partial charge is 0.325 e. The summed E-state index contributed by atoms with van der Waals surface area (Å²) in [6.45, 7) is 10.3. The van der Waals surface area contributed by atoms with Crippen molar-refractivity contribution in [2.24, 2.45) is 0 Å². The molecule has 0 aromatic heterocycles. The maximum atomic E-state index is 12.9. The Labute approximate surface area is 158 Å². The van der Waals surface area contributed by atoms with Crippen molar-refractivity contribution in [3.05, 3.63) is 24.3 Å². The summed E-state index contributed by atoms with van der Waals surface area (Å²) in [5.74, 6) is 0. The minimum absolute atomic E-state index is 0.182. The summed E-state index contributed by atoms with van der Waals surface area (Å²) in [5, 5.41) is 2.80. The smallest absolute Gasteiger partial charge is 0.321 e. The van der Waals surface area contributed by atoms with Crippen LogP contribution in [0.25, 0.3) is 0 Å². The third-order valence-corrected chi connectivity index (χ3v) is 6.23. The zero-order chi connectivity index (χ0) is 19.6. The van der Waals surface area contributed by atoms with Crippen molar-refractivity contribution >= 4 is 21.7 Å². The standard InChI is InChI=1S/C19H33N3O3S/c1-5-9-15-22(16-10-6-2)26(24,25)18-13-11-17(12-14-18)20-19(23)21(7-3)8-4/h11-14H,5-10,15-16H2,1-4H3,(H,20,23). The van der Waals surface area contributed by atoms with Crippen LogP contribution in [0.3, 0.4) is 0 Å². The molecule has 0 aliphatic carbocycles. The number of carbonyl (C=O) groups is 1. The number of nitrogens with one attached hydrogen (secondary N) is 1. The van der Waals surface area contributed by atoms with Crippen LogP contribution >= 0.6 is 0 Å². The van der Waals surface area contributed by atoms with Crippen LogP contribution in [0.5, 0.6) is 0 Å². The quantitative estimate of drug-likeness (QED) is 0.624. The number of sulfonamides is 1. The molecule has 0 atom stereocenters. The lowest BCUT2D eigenvalue weighted by Crippen LogP contribution is -2.34. The molecule has 1 N–H and O–H groups in total. The van der Waals surface area contributed by atoms with Gasteiger partial charge in [0.2, 0.25) is 10.0 Å². The van der Waals surface area contributed by atoms with Crippen LogP contribution in [0.15, 0.2) is 29.2 Å². The predicted molar refractivity (Wildman–Crippen MR) is 107 cm³/mol. The molecule has 7 heteroatoms. The van der Waals surface area contributed by atoms with Crippen molar-refractivity contribution in [2.45, 2.75) is 58.3 Å². The Morgan fingerprint density at radius 3 is 1.85 bits per heavy atom. The van der Waals surface area contributed by atoms with E-state index in [2.05, 4.69) is 19.2 Å². The molecule has 0 saturated heterocycles. The van der Waals surface area contributed by atoms with Crippen molar-refractivity contribution in [3.63, 3.8) is 0 Å². The monoisotopic (exact) mass is 383 g/mol. The van der Waals surface area contributed by atoms with Gasteiger partial charge in [0.25, 0.3) is 0 Å². The maximum Gasteiger partial charge on any atom is 0.321 e. The van der Waals surface area contributed by atoms with Gasteiger partial charge in [0.1, 0.15) is 0 Å². The first-order chi connectivity index (χ1) is 12.4. The molecule has 0 aliphatic heterocycles. The molecule has 1 aromatic carbocycles. The average Bonchev–Trinajstić information content (AvgIpc) is 2.63. The van der Waals surface area contributed by atoms with Gasteiger partial charge >= 0.3 is 6.03 Å². The predicted octanol–water partition coefficient (Wildman–Crippen LogP) is 4.15. The molecule has 26 heavy (non-hydrogen) atoms. The van der Waals surface area contributed by atoms with Crippen molar-refractivity contribution in [1.82, 2.24) is 9.21 Å². The third kappa shape index (κ3) is 6.29. The molecular weight excluding hydrogens is 350 g/mol. The van der Waals surface area contributed by atoms with Gasteiger partial charge < -0.3 is 10.2 Å². The number of amides is 2. The molecule has 0 fully saturated rings. The Morgan fingerprint density at radius 1 is 0.923 bits per heavy atom. The molecule has 0 aliphatic rings. The summed E-state index contributed by atoms with van der Waals surface area (Å²) in [4.78, 5) is 14.0. The average molecular weight is 384 g/mol. The lowest BCUT2D eigenvalue weighted by Gasteiger charge is -2.22. The van der Waals surface area contributed by atoms with Crippen LogP contribution in [0, 0.1) is 0 Å². The van der Waals surface area contributed by atoms with E-state index >= 15 is 0 Å². The molecule has 1 rings (SSSR count). The van der Waals surface area contributed by atoms with Gasteiger partial charge in [-0.2, -0.15) is 4.31 Å². The summed E-state index contributed by atoms with van der Waals surface area (Å²) >= 11 is 0. The molecule has 0 heterocycles. The maximum absolute atomic E-state index is 12.9. The minimum Gasteiger partial charge on any atom is -0.325 e. The van der Waals surface area contributed by atoms with E-state index in [0.717, 1.165) is 25.7 Å². The second kappa shape index (κ2) is 11.2. The van der Waals surface area contributed by atoms with Crippen LogP contribution in [0.1, 0.15) is 53.4 Å². The summed E-state index contributed by atoms with van der Waals surface area (Å²) in [6.07, 6.45) is 3.60. The van der Waals surface area contributed by atoms with E-state index in [-0.39, 0.29) is 10.9 Å². The second-order valence-electron chi connectivity index (χ2n) is 6.24. The molecular formula is C19H33N3O3S. The summed E-state index contributed by atoms with van der Waals surface area (Å²) < 4.78 is 27.4. The van der Waals surface area contributed by atoms with E-state index in [1.54, 1.807) is 33.5 Å². The van der Waals surface area contributed by atoms with Crippen LogP contribution in [-0.2, 0) is 10.0 Å². The zero-order valence-corrected chi connectivity index (χ0v) is 17.3. The Morgan fingerprint density at radius 2 is 1.42 bits per heavy atom. The summed E-state index contributed by atoms with van der Waals surface area (Å²) in [6, 6.07) is 6.24. The SMILES string of the molecule is CCCCN(CCCC)S(=O)(=O)c1ccc(NC(=O)N(CC)CC)cc1. The number of nitrogens with zero attached hydrogens (tertiary/aromatic N) is 2. The number of urea groups is 1. The number of rotatable bonds is 11. The molecule has 0 saturated carbocycles. The molecule has 0 radical (unpaired) electrons. The summed E-state index contributed by atoms with van der Waals surface area (Å²) in [5.41, 5.74) is 0.592. The number of hydrogen-bond donors (Lipinski definition) is 1. The van der Waals surface area contributed by atoms with Crippen LogP contribution in [0.2, 0.25) is 0 Å². The van der Waals surface area contributed by atoms with Gasteiger partial charge in [-0.1, -0.05) is 26.7 Å². The van der Waals surface area contributed by atoms with Gasteiger partial charge in [0.05, 0.1) is 4.90 Å². The van der Waals surface area contributed by atoms with E-state index in [0.29, 0.717) is 31.9 Å². The molecule has 0 unspecified atom stereocenters. The van der Waals surface area contributed by atoms with Gasteiger partial charge in [-0.25, -0.2) is 13.2 Å². The van der Waals surface area contributed by atoms with E-state index in [1.165, 1.54) is 0 Å². The fraction of sp³-hybridized carbons (Fsp3) is 0.632. The first-order valence-electron chi connectivity index (χ1n) is 9.56. The highest BCUT2D eigenvalue weighted by Gasteiger charge is 2.23. The summed E-state index contributed by atoms with van der Waals surface area (Å²) in [7, 11) is -3.51. The Hall–Kier alpha value is -1.60. The second-order valence-corrected chi connectivity index (χ2v) is 8.18. The zero-order valence-electron chi connectivity index (χ0n) is 16.5. The van der Waals surface area contributed by atoms with E-state index in [9.17, 15) is 13.2 Å². The Balaban J connectivity index is 2.91. The van der Waals surface area contributed by atoms with Crippen molar-refractivity contribution in [1.29, 1.82) is 0 Å². The Bertz CT molecular complexity index is 632. The van der Waals surface area contributed by atoms with E-state index < -0.39 is 10.0 Å². The fourth-order valence-corrected chi connectivity index (χ4v) is 4.11. The lowest BCUT2D eigenvalue weighted by molar-refractivity contribution is 0.217. The van der Waals surface area contributed by atoms with Gasteiger partial charge in [-0.15, -0.1) is 0 Å². The third-order valence-electron chi connectivity index (χ3n) is 4.32. The number of unbranched alkanes of at least 4 members (excludes halogenated alkanes) is 2. The number of carbonyl (C=O) groups excluding carboxylic acids is 1. The first-order valence-corrected chi connectivity index (χ1v) is 11.0. The molecule has 2 amide bonds. The van der Waals surface area contributed by atoms with Crippen molar-refractivity contribution in [2.75, 3.05) is 31.5 Å². The minimum atomic E-state index is -3.51. The van der Waals surface area contributed by atoms with Crippen LogP contribution < -0.4 is 5.32 Å². The number of hydrogen-bond acceptors (Lipinski definition) is 3. The van der Waals surface area contributed by atoms with E-state index in [4.69, 9.17) is 0 Å². The molecule has 1 aromatic rings. The fourth-order valence-electron chi connectivity index (χ4n) is 2.59. The van der Waals surface area contributed by atoms with Crippen LogP contribution in [-0.4, -0.2) is 49.8 Å². The molecule has 0 spiro atoms. The lowest BCUT2D eigenvalue weighted by atomic mass is 10.3. The van der Waals surface area contributed by atoms with E-state index in [1.807, 2.05) is 13.8 Å². The van der Waals surface area contributed by atoms with Gasteiger partial charge in [0.15, 0.2) is 0 Å². The highest BCUT2D eigenvalue weighted by atomic mass is 32.2. The molecule has 148 valence electrons. The van der Waals surface area contributed by atoms with Gasteiger partial charge in [-0.3, -0.25) is 0 Å².